The van der Waals surface area contributed by atoms with Crippen LogP contribution in [0.3, 0.4) is 0 Å². The van der Waals surface area contributed by atoms with E-state index in [9.17, 15) is 9.90 Å². The van der Waals surface area contributed by atoms with Crippen molar-refractivity contribution in [1.29, 1.82) is 0 Å². The van der Waals surface area contributed by atoms with Crippen LogP contribution in [0.1, 0.15) is 63.2 Å². The van der Waals surface area contributed by atoms with Crippen molar-refractivity contribution in [2.45, 2.75) is 51.8 Å². The van der Waals surface area contributed by atoms with Crippen LogP contribution in [0.15, 0.2) is 48.7 Å². The van der Waals surface area contributed by atoms with Crippen LogP contribution in [-0.4, -0.2) is 40.9 Å². The molecule has 8 nitrogen and oxygen atoms in total. The van der Waals surface area contributed by atoms with E-state index in [1.54, 1.807) is 36.0 Å². The normalized spacial score (nSPS) is 23.4. The number of aromatic nitrogens is 6. The zero-order valence-electron chi connectivity index (χ0n) is 25.9. The third-order valence-corrected chi connectivity index (χ3v) is 6.79. The maximum absolute atomic E-state index is 11.4. The van der Waals surface area contributed by atoms with Gasteiger partial charge in [-0.2, -0.15) is 14.7 Å². The predicted molar refractivity (Wildman–Crippen MR) is 138 cm³/mol. The minimum Gasteiger partial charge on any atom is -0.481 e. The summed E-state index contributed by atoms with van der Waals surface area (Å²) in [7, 11) is 0. The number of fused-ring (bicyclic) bond motifs is 3. The molecule has 0 aliphatic heterocycles. The van der Waals surface area contributed by atoms with Crippen LogP contribution in [0.2, 0.25) is 0 Å². The summed E-state index contributed by atoms with van der Waals surface area (Å²) in [4.78, 5) is 21.0. The van der Waals surface area contributed by atoms with E-state index < -0.39 is 18.3 Å². The van der Waals surface area contributed by atoms with Gasteiger partial charge in [0.05, 0.1) is 34.1 Å². The van der Waals surface area contributed by atoms with Crippen molar-refractivity contribution in [3.8, 4) is 22.4 Å². The predicted octanol–water partition coefficient (Wildman–Crippen LogP) is 5.70. The lowest BCUT2D eigenvalue weighted by atomic mass is 9.78. The number of aliphatic carboxylic acids is 1. The van der Waals surface area contributed by atoms with Gasteiger partial charge in [-0.15, -0.1) is 0 Å². The summed E-state index contributed by atoms with van der Waals surface area (Å²) in [6, 6.07) is 2.90. The minimum atomic E-state index is -1.50. The summed E-state index contributed by atoms with van der Waals surface area (Å²) in [6.45, 7) is 3.47. The number of carboxylic acid groups (broad SMARTS) is 1. The number of nitrogens with zero attached hydrogens (tertiary/aromatic N) is 5. The van der Waals surface area contributed by atoms with Gasteiger partial charge in [0.1, 0.15) is 0 Å². The second-order valence-corrected chi connectivity index (χ2v) is 9.17. The van der Waals surface area contributed by atoms with Crippen molar-refractivity contribution in [3.63, 3.8) is 0 Å². The van der Waals surface area contributed by atoms with Gasteiger partial charge in [0.15, 0.2) is 11.3 Å². The smallest absolute Gasteiger partial charge is 0.303 e. The molecule has 1 fully saturated rings. The highest BCUT2D eigenvalue weighted by molar-refractivity contribution is 5.87. The first kappa shape index (κ1) is 16.6. The number of aryl methyl sites for hydroxylation is 1. The van der Waals surface area contributed by atoms with Gasteiger partial charge in [-0.05, 0) is 57.5 Å². The fraction of sp³-hybridized carbons (Fsp3) is 0.321. The first-order chi connectivity index (χ1) is 19.9. The van der Waals surface area contributed by atoms with E-state index in [0.717, 1.165) is 16.8 Å². The number of carbonyl (C=O) groups is 1. The van der Waals surface area contributed by atoms with Crippen LogP contribution < -0.4 is 0 Å². The van der Waals surface area contributed by atoms with Gasteiger partial charge in [-0.1, -0.05) is 29.8 Å². The Morgan fingerprint density at radius 2 is 2.06 bits per heavy atom. The number of hydrogen-bond acceptors (Lipinski definition) is 5. The summed E-state index contributed by atoms with van der Waals surface area (Å²) < 4.78 is 51.1. The molecular weight excluding hydrogens is 452 g/mol. The van der Waals surface area contributed by atoms with Crippen LogP contribution >= 0.6 is 0 Å². The summed E-state index contributed by atoms with van der Waals surface area (Å²) in [5.41, 5.74) is 5.06. The lowest BCUT2D eigenvalue weighted by Gasteiger charge is -2.27. The Morgan fingerprint density at radius 3 is 2.81 bits per heavy atom. The van der Waals surface area contributed by atoms with Gasteiger partial charge < -0.3 is 5.11 Å². The van der Waals surface area contributed by atoms with Crippen molar-refractivity contribution in [2.24, 2.45) is 5.89 Å². The second kappa shape index (κ2) is 8.86. The van der Waals surface area contributed by atoms with Crippen molar-refractivity contribution < 1.29 is 18.1 Å². The molecule has 1 aromatic carbocycles. The van der Waals surface area contributed by atoms with E-state index in [-0.39, 0.29) is 48.5 Å². The maximum Gasteiger partial charge on any atom is 0.303 e. The van der Waals surface area contributed by atoms with Crippen molar-refractivity contribution in [2.75, 3.05) is 0 Å². The molecule has 0 amide bonds. The standard InChI is InChI=1S/C28H28N6O2/c1-16-4-3-5-20(12-16)23-11-10-21(14-29-23)22-15-30-34-27(22)31-26(25-17(2)32-33-28(25)34)19-8-6-18(7-9-19)13-24(35)36/h3-5,10-12,14-15,18-19H,6-9,13H2,1-2H3,(H,32,33)(H,35,36)/i3D,4D,5D,12D,13D,18D. The Hall–Kier alpha value is -4.07. The summed E-state index contributed by atoms with van der Waals surface area (Å²) in [5, 5.41) is 22.2. The Balaban J connectivity index is 1.41. The van der Waals surface area contributed by atoms with Crippen LogP contribution in [-0.2, 0) is 4.79 Å². The highest BCUT2D eigenvalue weighted by Crippen LogP contribution is 2.40. The number of hydrogen-bond donors (Lipinski definition) is 2. The third kappa shape index (κ3) is 3.92. The zero-order valence-corrected chi connectivity index (χ0v) is 19.9. The van der Waals surface area contributed by atoms with Gasteiger partial charge in [-0.3, -0.25) is 14.9 Å². The van der Waals surface area contributed by atoms with E-state index >= 15 is 0 Å². The average Bonchev–Trinajstić information content (AvgIpc) is 3.59. The number of aromatic amines is 1. The van der Waals surface area contributed by atoms with E-state index in [0.29, 0.717) is 46.5 Å². The molecule has 36 heavy (non-hydrogen) atoms. The second-order valence-electron chi connectivity index (χ2n) is 9.17. The molecule has 6 rings (SSSR count). The first-order valence-corrected chi connectivity index (χ1v) is 11.8. The van der Waals surface area contributed by atoms with E-state index in [1.807, 2.05) is 6.92 Å². The van der Waals surface area contributed by atoms with E-state index in [2.05, 4.69) is 20.3 Å². The molecule has 0 spiro atoms. The molecule has 1 unspecified atom stereocenters. The third-order valence-electron chi connectivity index (χ3n) is 6.79. The average molecular weight is 487 g/mol. The number of nitrogens with one attached hydrogen (secondary N) is 1. The molecule has 8 heteroatoms. The van der Waals surface area contributed by atoms with E-state index in [1.165, 1.54) is 0 Å². The Bertz CT molecular complexity index is 1850. The highest BCUT2D eigenvalue weighted by Gasteiger charge is 2.28. The van der Waals surface area contributed by atoms with Gasteiger partial charge in [-0.25, -0.2) is 4.98 Å². The van der Waals surface area contributed by atoms with Crippen molar-refractivity contribution >= 4 is 22.6 Å². The number of pyridine rings is 1. The summed E-state index contributed by atoms with van der Waals surface area (Å²) in [6.07, 6.45) is 3.38. The molecule has 4 heterocycles. The lowest BCUT2D eigenvalue weighted by molar-refractivity contribution is -0.138. The number of carboxylic acids is 1. The highest BCUT2D eigenvalue weighted by atomic mass is 16.4. The van der Waals surface area contributed by atoms with Gasteiger partial charge in [0.2, 0.25) is 0 Å². The Morgan fingerprint density at radius 1 is 1.22 bits per heavy atom. The number of rotatable bonds is 5. The van der Waals surface area contributed by atoms with Gasteiger partial charge >= 0.3 is 5.97 Å². The molecule has 1 saturated carbocycles. The minimum absolute atomic E-state index is 0.00446. The fourth-order valence-corrected chi connectivity index (χ4v) is 5.01. The largest absolute Gasteiger partial charge is 0.481 e. The van der Waals surface area contributed by atoms with Gasteiger partial charge in [0.25, 0.3) is 0 Å². The molecule has 1 aliphatic carbocycles. The van der Waals surface area contributed by atoms with E-state index in [4.69, 9.17) is 13.2 Å². The van der Waals surface area contributed by atoms with Crippen molar-refractivity contribution in [1.82, 2.24) is 29.8 Å². The topological polar surface area (TPSA) is 109 Å². The van der Waals surface area contributed by atoms with Crippen LogP contribution in [0.5, 0.6) is 0 Å². The zero-order chi connectivity index (χ0) is 30.1. The number of benzene rings is 1. The molecule has 0 radical (unpaired) electrons. The molecule has 1 atom stereocenters. The molecule has 5 aromatic rings. The van der Waals surface area contributed by atoms with Crippen LogP contribution in [0.4, 0.5) is 0 Å². The molecule has 2 N–H and O–H groups in total. The molecule has 1 aliphatic rings. The molecular formula is C28H28N6O2. The Labute approximate surface area is 216 Å². The first-order valence-electron chi connectivity index (χ1n) is 14.9. The lowest BCUT2D eigenvalue weighted by Crippen LogP contribution is -2.17. The molecule has 0 bridgehead atoms. The SMILES string of the molecule is [2H]c1c([2H])c(C)c([2H])c(-c2ccc(-c3cnn4c3nc(C3CCC([2H])(C([2H])C(=O)O)CC3)c3c(C)n[nH]c34)cn2)c1[2H]. The summed E-state index contributed by atoms with van der Waals surface area (Å²) in [5.74, 6) is -2.67. The monoisotopic (exact) mass is 486 g/mol. The molecule has 0 saturated heterocycles. The molecule has 182 valence electrons. The van der Waals surface area contributed by atoms with Crippen LogP contribution in [0.25, 0.3) is 39.1 Å². The number of H-pyrrole nitrogens is 1. The van der Waals surface area contributed by atoms with Crippen molar-refractivity contribution in [3.05, 3.63) is 65.6 Å². The van der Waals surface area contributed by atoms with Crippen LogP contribution in [0, 0.1) is 19.7 Å². The quantitative estimate of drug-likeness (QED) is 0.330. The molecule has 4 aromatic heterocycles. The summed E-state index contributed by atoms with van der Waals surface area (Å²) >= 11 is 0. The maximum atomic E-state index is 11.4. The fourth-order valence-electron chi connectivity index (χ4n) is 5.01. The van der Waals surface area contributed by atoms with Gasteiger partial charge in [0, 0.05) is 37.9 Å². The Kier molecular flexibility index (Phi) is 4.08.